The molecule has 0 amide bonds. The highest BCUT2D eigenvalue weighted by Gasteiger charge is 2.38. The van der Waals surface area contributed by atoms with Crippen molar-refractivity contribution in [2.45, 2.75) is 31.5 Å². The van der Waals surface area contributed by atoms with Crippen molar-refractivity contribution in [2.75, 3.05) is 6.54 Å². The number of carbonyl (C=O) groups is 1. The summed E-state index contributed by atoms with van der Waals surface area (Å²) in [5.41, 5.74) is 7.78. The maximum absolute atomic E-state index is 13.8. The molecule has 2 heterocycles. The third kappa shape index (κ3) is 6.17. The van der Waals surface area contributed by atoms with Gasteiger partial charge >= 0.3 is 12.1 Å². The summed E-state index contributed by atoms with van der Waals surface area (Å²) >= 11 is 0. The second kappa shape index (κ2) is 9.25. The lowest BCUT2D eigenvalue weighted by Crippen LogP contribution is -2.50. The molecule has 11 heteroatoms. The van der Waals surface area contributed by atoms with Crippen LogP contribution in [0.25, 0.3) is 11.1 Å². The summed E-state index contributed by atoms with van der Waals surface area (Å²) in [6.07, 6.45) is -5.51. The number of nitrogens with zero attached hydrogens (tertiary/aromatic N) is 1. The Labute approximate surface area is 162 Å². The van der Waals surface area contributed by atoms with Crippen LogP contribution in [0.2, 0.25) is 0 Å². The van der Waals surface area contributed by atoms with Gasteiger partial charge in [0.05, 0.1) is 12.1 Å². The highest BCUT2D eigenvalue weighted by molar-refractivity contribution is 5.73. The number of pyridine rings is 1. The van der Waals surface area contributed by atoms with E-state index in [1.807, 2.05) is 19.1 Å². The van der Waals surface area contributed by atoms with Gasteiger partial charge in [-0.05, 0) is 36.2 Å². The Kier molecular flexibility index (Phi) is 7.22. The predicted octanol–water partition coefficient (Wildman–Crippen LogP) is 2.99. The first-order chi connectivity index (χ1) is 13.5. The van der Waals surface area contributed by atoms with Gasteiger partial charge in [0.25, 0.3) is 0 Å². The summed E-state index contributed by atoms with van der Waals surface area (Å²) in [5, 5.41) is 10.4. The van der Waals surface area contributed by atoms with E-state index in [0.29, 0.717) is 12.1 Å². The zero-order chi connectivity index (χ0) is 21.8. The number of benzene rings is 1. The second-order valence-corrected chi connectivity index (χ2v) is 6.20. The standard InChI is InChI=1S/C16H17F2N3O.C2HF3O2/c1-9-8-20-14(16(19)22-9)11-4-2-3-10(7-11)12-5-6-13(17)21-15(12)18;3-2(4,5)1(6)7/h2-7,9,14,16,20H,8,19H2,1H3;(H,6,7). The third-order valence-corrected chi connectivity index (χ3v) is 3.96. The van der Waals surface area contributed by atoms with E-state index in [9.17, 15) is 22.0 Å². The molecule has 0 spiro atoms. The number of carboxylic acids is 1. The fourth-order valence-electron chi connectivity index (χ4n) is 2.64. The fraction of sp³-hybridized carbons (Fsp3) is 0.333. The van der Waals surface area contributed by atoms with Crippen LogP contribution in [0.1, 0.15) is 18.5 Å². The van der Waals surface area contributed by atoms with Gasteiger partial charge in [-0.2, -0.15) is 26.9 Å². The molecule has 1 fully saturated rings. The van der Waals surface area contributed by atoms with Crippen molar-refractivity contribution < 1.29 is 36.6 Å². The van der Waals surface area contributed by atoms with Crippen LogP contribution < -0.4 is 11.1 Å². The molecule has 3 rings (SSSR count). The molecule has 6 nitrogen and oxygen atoms in total. The maximum atomic E-state index is 13.8. The van der Waals surface area contributed by atoms with Crippen molar-refractivity contribution in [3.8, 4) is 11.1 Å². The second-order valence-electron chi connectivity index (χ2n) is 6.20. The lowest BCUT2D eigenvalue weighted by molar-refractivity contribution is -0.192. The molecule has 1 saturated heterocycles. The SMILES string of the molecule is CC1CNC(c2cccc(-c3ccc(F)nc3F)c2)C(N)O1.O=C(O)C(F)(F)F. The van der Waals surface area contributed by atoms with E-state index in [1.54, 1.807) is 12.1 Å². The van der Waals surface area contributed by atoms with Crippen molar-refractivity contribution >= 4 is 5.97 Å². The van der Waals surface area contributed by atoms with Gasteiger partial charge in [-0.3, -0.25) is 0 Å². The zero-order valence-electron chi connectivity index (χ0n) is 15.1. The number of halogens is 5. The third-order valence-electron chi connectivity index (χ3n) is 3.96. The molecule has 3 atom stereocenters. The largest absolute Gasteiger partial charge is 0.490 e. The van der Waals surface area contributed by atoms with Gasteiger partial charge in [-0.1, -0.05) is 18.2 Å². The molecule has 1 aliphatic rings. The Balaban J connectivity index is 0.000000370. The summed E-state index contributed by atoms with van der Waals surface area (Å²) < 4.78 is 64.1. The van der Waals surface area contributed by atoms with E-state index < -0.39 is 30.3 Å². The van der Waals surface area contributed by atoms with Crippen molar-refractivity contribution in [3.63, 3.8) is 0 Å². The van der Waals surface area contributed by atoms with E-state index in [2.05, 4.69) is 10.3 Å². The van der Waals surface area contributed by atoms with E-state index in [4.69, 9.17) is 20.4 Å². The predicted molar refractivity (Wildman–Crippen MR) is 92.5 cm³/mol. The number of ether oxygens (including phenoxy) is 1. The van der Waals surface area contributed by atoms with Gasteiger partial charge in [0.1, 0.15) is 6.23 Å². The van der Waals surface area contributed by atoms with Crippen LogP contribution in [0, 0.1) is 11.9 Å². The highest BCUT2D eigenvalue weighted by Crippen LogP contribution is 2.27. The van der Waals surface area contributed by atoms with E-state index in [0.717, 1.165) is 11.6 Å². The Bertz CT molecular complexity index is 863. The Morgan fingerprint density at radius 1 is 1.28 bits per heavy atom. The molecule has 29 heavy (non-hydrogen) atoms. The minimum absolute atomic E-state index is 0.0492. The first-order valence-electron chi connectivity index (χ1n) is 8.36. The van der Waals surface area contributed by atoms with Gasteiger partial charge in [0.2, 0.25) is 11.9 Å². The molecule has 1 aromatic carbocycles. The van der Waals surface area contributed by atoms with Crippen molar-refractivity contribution in [2.24, 2.45) is 5.73 Å². The van der Waals surface area contributed by atoms with Gasteiger partial charge in [0, 0.05) is 12.1 Å². The number of hydrogen-bond acceptors (Lipinski definition) is 5. The first-order valence-corrected chi connectivity index (χ1v) is 8.36. The number of aromatic nitrogens is 1. The minimum atomic E-state index is -5.08. The lowest BCUT2D eigenvalue weighted by atomic mass is 9.98. The van der Waals surface area contributed by atoms with Gasteiger partial charge in [-0.25, -0.2) is 4.79 Å². The summed E-state index contributed by atoms with van der Waals surface area (Å²) in [6, 6.07) is 9.61. The number of aliphatic carboxylic acids is 1. The quantitative estimate of drug-likeness (QED) is 0.512. The molecule has 0 saturated carbocycles. The van der Waals surface area contributed by atoms with Gasteiger partial charge in [0.15, 0.2) is 0 Å². The first kappa shape index (κ1) is 22.7. The van der Waals surface area contributed by atoms with Crippen LogP contribution in [0.4, 0.5) is 22.0 Å². The van der Waals surface area contributed by atoms with Gasteiger partial charge < -0.3 is 20.9 Å². The van der Waals surface area contributed by atoms with E-state index in [-0.39, 0.29) is 17.7 Å². The summed E-state index contributed by atoms with van der Waals surface area (Å²) in [7, 11) is 0. The molecular weight excluding hydrogens is 401 g/mol. The molecule has 4 N–H and O–H groups in total. The van der Waals surface area contributed by atoms with Crippen LogP contribution >= 0.6 is 0 Å². The van der Waals surface area contributed by atoms with Crippen molar-refractivity contribution in [3.05, 3.63) is 53.9 Å². The summed E-state index contributed by atoms with van der Waals surface area (Å²) in [5.74, 6) is -4.42. The number of rotatable bonds is 2. The van der Waals surface area contributed by atoms with Crippen LogP contribution in [0.15, 0.2) is 36.4 Å². The average molecular weight is 419 g/mol. The van der Waals surface area contributed by atoms with Crippen molar-refractivity contribution in [1.82, 2.24) is 10.3 Å². The van der Waals surface area contributed by atoms with Crippen LogP contribution in [0.3, 0.4) is 0 Å². The topological polar surface area (TPSA) is 97.5 Å². The molecular formula is C18H18F5N3O3. The number of carboxylic acid groups (broad SMARTS) is 1. The van der Waals surface area contributed by atoms with Gasteiger partial charge in [-0.15, -0.1) is 0 Å². The van der Waals surface area contributed by atoms with E-state index >= 15 is 0 Å². The number of nitrogens with two attached hydrogens (primary N) is 1. The zero-order valence-corrected chi connectivity index (χ0v) is 15.1. The summed E-state index contributed by atoms with van der Waals surface area (Å²) in [4.78, 5) is 12.1. The molecule has 0 radical (unpaired) electrons. The molecule has 3 unspecified atom stereocenters. The number of nitrogens with one attached hydrogen (secondary N) is 1. The molecule has 0 bridgehead atoms. The fourth-order valence-corrected chi connectivity index (χ4v) is 2.64. The minimum Gasteiger partial charge on any atom is -0.475 e. The van der Waals surface area contributed by atoms with E-state index in [1.165, 1.54) is 6.07 Å². The monoisotopic (exact) mass is 419 g/mol. The number of morpholine rings is 1. The maximum Gasteiger partial charge on any atom is 0.490 e. The molecule has 1 aromatic heterocycles. The molecule has 2 aromatic rings. The average Bonchev–Trinajstić information content (AvgIpc) is 2.61. The van der Waals surface area contributed by atoms with Crippen molar-refractivity contribution in [1.29, 1.82) is 0 Å². The smallest absolute Gasteiger partial charge is 0.475 e. The summed E-state index contributed by atoms with van der Waals surface area (Å²) in [6.45, 7) is 2.63. The van der Waals surface area contributed by atoms with Crippen LogP contribution in [-0.4, -0.2) is 41.1 Å². The number of hydrogen-bond donors (Lipinski definition) is 3. The highest BCUT2D eigenvalue weighted by atomic mass is 19.4. The Morgan fingerprint density at radius 2 is 1.93 bits per heavy atom. The number of alkyl halides is 3. The lowest BCUT2D eigenvalue weighted by Gasteiger charge is -2.34. The Morgan fingerprint density at radius 3 is 2.48 bits per heavy atom. The molecule has 1 aliphatic heterocycles. The van der Waals surface area contributed by atoms with Crippen LogP contribution in [0.5, 0.6) is 0 Å². The Hall–Kier alpha value is -2.63. The molecule has 0 aliphatic carbocycles. The van der Waals surface area contributed by atoms with Crippen LogP contribution in [-0.2, 0) is 9.53 Å². The normalized spacial score (nSPS) is 21.8. The molecule has 158 valence electrons.